The van der Waals surface area contributed by atoms with E-state index in [9.17, 15) is 18.0 Å². The Kier molecular flexibility index (Phi) is 3.32. The molecule has 0 radical (unpaired) electrons. The van der Waals surface area contributed by atoms with E-state index < -0.39 is 18.0 Å². The van der Waals surface area contributed by atoms with Crippen molar-refractivity contribution >= 4 is 5.97 Å². The molecular weight excluding hydrogens is 255 g/mol. The Hall–Kier alpha value is -1.90. The molecule has 18 heavy (non-hydrogen) atoms. The molecule has 0 unspecified atom stereocenters. The van der Waals surface area contributed by atoms with Gasteiger partial charge in [0.05, 0.1) is 0 Å². The fraction of sp³-hybridized carbons (Fsp3) is 0.444. The monoisotopic (exact) mass is 263 g/mol. The third-order valence-electron chi connectivity index (χ3n) is 2.08. The van der Waals surface area contributed by atoms with Crippen molar-refractivity contribution in [3.63, 3.8) is 0 Å². The Morgan fingerprint density at radius 3 is 2.39 bits per heavy atom. The minimum Gasteiger partial charge on any atom is -0.468 e. The summed E-state index contributed by atoms with van der Waals surface area (Å²) in [5, 5.41) is 2.91. The Balaban J connectivity index is 2.09. The Bertz CT molecular complexity index is 448. The zero-order valence-corrected chi connectivity index (χ0v) is 8.90. The van der Waals surface area contributed by atoms with Gasteiger partial charge in [0.15, 0.2) is 0 Å². The molecule has 1 aliphatic heterocycles. The highest BCUT2D eigenvalue weighted by Crippen LogP contribution is 2.25. The normalized spacial score (nSPS) is 15.9. The number of nitrogens with zero attached hydrogens (tertiary/aromatic N) is 2. The first-order valence-electron chi connectivity index (χ1n) is 4.94. The van der Waals surface area contributed by atoms with E-state index in [0.29, 0.717) is 13.1 Å². The number of hydrogen-bond acceptors (Lipinski definition) is 6. The topological polar surface area (TPSA) is 73.3 Å². The van der Waals surface area contributed by atoms with Crippen LogP contribution in [-0.2, 0) is 4.79 Å². The molecule has 0 aromatic carbocycles. The van der Waals surface area contributed by atoms with Gasteiger partial charge in [-0.25, -0.2) is 14.8 Å². The molecule has 1 aromatic heterocycles. The van der Waals surface area contributed by atoms with Crippen LogP contribution in [0, 0.1) is 0 Å². The Morgan fingerprint density at radius 2 is 1.89 bits per heavy atom. The van der Waals surface area contributed by atoms with Crippen molar-refractivity contribution in [3.8, 4) is 11.8 Å². The number of esters is 1. The van der Waals surface area contributed by atoms with Crippen molar-refractivity contribution in [2.24, 2.45) is 0 Å². The van der Waals surface area contributed by atoms with Crippen LogP contribution in [0.5, 0.6) is 11.8 Å². The molecule has 98 valence electrons. The number of halogens is 3. The SMILES string of the molecule is O=C(Oc1nccnc1OC1CNC1)C(F)(F)F. The zero-order chi connectivity index (χ0) is 13.2. The summed E-state index contributed by atoms with van der Waals surface area (Å²) in [6, 6.07) is 0. The van der Waals surface area contributed by atoms with Gasteiger partial charge in [-0.3, -0.25) is 0 Å². The second-order valence-corrected chi connectivity index (χ2v) is 3.45. The summed E-state index contributed by atoms with van der Waals surface area (Å²) >= 11 is 0. The minimum absolute atomic E-state index is 0.218. The lowest BCUT2D eigenvalue weighted by atomic mass is 10.2. The average Bonchev–Trinajstić information content (AvgIpc) is 2.24. The smallest absolute Gasteiger partial charge is 0.468 e. The number of ether oxygens (including phenoxy) is 2. The summed E-state index contributed by atoms with van der Waals surface area (Å²) in [5.74, 6) is -3.19. The zero-order valence-electron chi connectivity index (χ0n) is 8.90. The van der Waals surface area contributed by atoms with E-state index in [1.54, 1.807) is 0 Å². The van der Waals surface area contributed by atoms with E-state index in [2.05, 4.69) is 20.0 Å². The Morgan fingerprint density at radius 1 is 1.28 bits per heavy atom. The van der Waals surface area contributed by atoms with E-state index >= 15 is 0 Å². The molecule has 6 nitrogen and oxygen atoms in total. The number of nitrogens with one attached hydrogen (secondary N) is 1. The first kappa shape index (κ1) is 12.6. The van der Waals surface area contributed by atoms with Crippen molar-refractivity contribution in [2.75, 3.05) is 13.1 Å². The number of carbonyl (C=O) groups excluding carboxylic acids is 1. The highest BCUT2D eigenvalue weighted by Gasteiger charge is 2.42. The highest BCUT2D eigenvalue weighted by atomic mass is 19.4. The number of alkyl halides is 3. The lowest BCUT2D eigenvalue weighted by molar-refractivity contribution is -0.190. The third kappa shape index (κ3) is 2.86. The lowest BCUT2D eigenvalue weighted by Gasteiger charge is -2.27. The van der Waals surface area contributed by atoms with Crippen LogP contribution in [0.4, 0.5) is 13.2 Å². The van der Waals surface area contributed by atoms with E-state index in [4.69, 9.17) is 4.74 Å². The first-order chi connectivity index (χ1) is 8.47. The van der Waals surface area contributed by atoms with Crippen molar-refractivity contribution in [3.05, 3.63) is 12.4 Å². The summed E-state index contributed by atoms with van der Waals surface area (Å²) in [5.41, 5.74) is 0. The van der Waals surface area contributed by atoms with Crippen LogP contribution in [0.25, 0.3) is 0 Å². The van der Waals surface area contributed by atoms with Gasteiger partial charge in [0, 0.05) is 25.5 Å². The molecule has 1 fully saturated rings. The van der Waals surface area contributed by atoms with Crippen LogP contribution in [0.15, 0.2) is 12.4 Å². The van der Waals surface area contributed by atoms with E-state index in [1.807, 2.05) is 0 Å². The predicted octanol–water partition coefficient (Wildman–Crippen LogP) is 0.295. The van der Waals surface area contributed by atoms with Gasteiger partial charge >= 0.3 is 12.1 Å². The van der Waals surface area contributed by atoms with Gasteiger partial charge in [-0.2, -0.15) is 13.2 Å². The van der Waals surface area contributed by atoms with Gasteiger partial charge in [-0.15, -0.1) is 0 Å². The standard InChI is InChI=1S/C9H8F3N3O3/c10-9(11,12)8(16)18-7-6(14-1-2-15-7)17-5-3-13-4-5/h1-2,5,13H,3-4H2. The van der Waals surface area contributed by atoms with Crippen LogP contribution in [0.1, 0.15) is 0 Å². The second-order valence-electron chi connectivity index (χ2n) is 3.45. The molecule has 0 aliphatic carbocycles. The molecule has 0 amide bonds. The minimum atomic E-state index is -5.09. The van der Waals surface area contributed by atoms with Gasteiger partial charge < -0.3 is 14.8 Å². The number of rotatable bonds is 3. The first-order valence-corrected chi connectivity index (χ1v) is 4.94. The van der Waals surface area contributed by atoms with Gasteiger partial charge in [-0.05, 0) is 0 Å². The fourth-order valence-corrected chi connectivity index (χ4v) is 1.11. The third-order valence-corrected chi connectivity index (χ3v) is 2.08. The maximum absolute atomic E-state index is 12.0. The van der Waals surface area contributed by atoms with Crippen molar-refractivity contribution in [1.82, 2.24) is 15.3 Å². The molecule has 1 saturated heterocycles. The Labute approximate surface area is 99.1 Å². The van der Waals surface area contributed by atoms with Gasteiger partial charge in [0.1, 0.15) is 6.10 Å². The molecule has 0 bridgehead atoms. The lowest BCUT2D eigenvalue weighted by Crippen LogP contribution is -2.50. The molecular formula is C9H8F3N3O3. The maximum atomic E-state index is 12.0. The molecule has 2 rings (SSSR count). The summed E-state index contributed by atoms with van der Waals surface area (Å²) in [7, 11) is 0. The molecule has 0 spiro atoms. The quantitative estimate of drug-likeness (QED) is 0.790. The van der Waals surface area contributed by atoms with Gasteiger partial charge in [0.25, 0.3) is 11.8 Å². The maximum Gasteiger partial charge on any atom is 0.491 e. The van der Waals surface area contributed by atoms with Crippen LogP contribution < -0.4 is 14.8 Å². The second kappa shape index (κ2) is 4.77. The van der Waals surface area contributed by atoms with Crippen molar-refractivity contribution < 1.29 is 27.4 Å². The van der Waals surface area contributed by atoms with Crippen LogP contribution >= 0.6 is 0 Å². The van der Waals surface area contributed by atoms with E-state index in [1.165, 1.54) is 6.20 Å². The molecule has 1 N–H and O–H groups in total. The molecule has 1 aliphatic rings. The summed E-state index contributed by atoms with van der Waals surface area (Å²) < 4.78 is 45.4. The molecule has 0 atom stereocenters. The average molecular weight is 263 g/mol. The molecule has 9 heteroatoms. The molecule has 2 heterocycles. The summed E-state index contributed by atoms with van der Waals surface area (Å²) in [6.07, 6.45) is -2.98. The predicted molar refractivity (Wildman–Crippen MR) is 51.0 cm³/mol. The number of hydrogen-bond donors (Lipinski definition) is 1. The highest BCUT2D eigenvalue weighted by molar-refractivity contribution is 5.78. The molecule has 1 aromatic rings. The van der Waals surface area contributed by atoms with E-state index in [0.717, 1.165) is 6.20 Å². The summed E-state index contributed by atoms with van der Waals surface area (Å²) in [4.78, 5) is 17.8. The van der Waals surface area contributed by atoms with Crippen LogP contribution in [0.3, 0.4) is 0 Å². The van der Waals surface area contributed by atoms with Crippen LogP contribution in [0.2, 0.25) is 0 Å². The van der Waals surface area contributed by atoms with Gasteiger partial charge in [-0.1, -0.05) is 0 Å². The van der Waals surface area contributed by atoms with Gasteiger partial charge in [0.2, 0.25) is 0 Å². The van der Waals surface area contributed by atoms with Crippen molar-refractivity contribution in [2.45, 2.75) is 12.3 Å². The number of aromatic nitrogens is 2. The van der Waals surface area contributed by atoms with E-state index in [-0.39, 0.29) is 12.0 Å². The number of carbonyl (C=O) groups is 1. The fourth-order valence-electron chi connectivity index (χ4n) is 1.11. The van der Waals surface area contributed by atoms with Crippen molar-refractivity contribution in [1.29, 1.82) is 0 Å². The molecule has 0 saturated carbocycles. The van der Waals surface area contributed by atoms with Crippen LogP contribution in [-0.4, -0.2) is 41.3 Å². The summed E-state index contributed by atoms with van der Waals surface area (Å²) in [6.45, 7) is 1.09. The largest absolute Gasteiger partial charge is 0.491 e.